The maximum Gasteiger partial charge on any atom is 0.326 e. The number of aryl methyl sites for hydroxylation is 1. The third kappa shape index (κ3) is 3.07. The SMILES string of the molecule is Cc1cccc(CN(C)C(=O)N2CCC[C@H]2C(=O)O)n1. The highest BCUT2D eigenvalue weighted by Crippen LogP contribution is 2.19. The van der Waals surface area contributed by atoms with Gasteiger partial charge >= 0.3 is 12.0 Å². The van der Waals surface area contributed by atoms with E-state index in [0.717, 1.165) is 17.8 Å². The molecule has 1 aliphatic heterocycles. The molecule has 0 radical (unpaired) electrons. The van der Waals surface area contributed by atoms with E-state index in [4.69, 9.17) is 5.11 Å². The summed E-state index contributed by atoms with van der Waals surface area (Å²) in [4.78, 5) is 30.7. The minimum absolute atomic E-state index is 0.252. The average Bonchev–Trinajstić information content (AvgIpc) is 2.87. The van der Waals surface area contributed by atoms with Crippen LogP contribution in [0.4, 0.5) is 4.79 Å². The number of rotatable bonds is 3. The molecule has 1 saturated heterocycles. The van der Waals surface area contributed by atoms with Gasteiger partial charge in [-0.1, -0.05) is 6.07 Å². The van der Waals surface area contributed by atoms with Gasteiger partial charge in [0.15, 0.2) is 0 Å². The van der Waals surface area contributed by atoms with E-state index < -0.39 is 12.0 Å². The van der Waals surface area contributed by atoms with Gasteiger partial charge in [-0.25, -0.2) is 9.59 Å². The lowest BCUT2D eigenvalue weighted by atomic mass is 10.2. The van der Waals surface area contributed by atoms with Crippen molar-refractivity contribution in [2.75, 3.05) is 13.6 Å². The minimum Gasteiger partial charge on any atom is -0.480 e. The number of urea groups is 1. The Hall–Kier alpha value is -2.11. The number of nitrogens with zero attached hydrogens (tertiary/aromatic N) is 3. The Kier molecular flexibility index (Phi) is 4.22. The van der Waals surface area contributed by atoms with E-state index >= 15 is 0 Å². The van der Waals surface area contributed by atoms with Crippen LogP contribution in [0.1, 0.15) is 24.2 Å². The minimum atomic E-state index is -0.932. The first kappa shape index (κ1) is 14.3. The zero-order valence-electron chi connectivity index (χ0n) is 11.7. The normalized spacial score (nSPS) is 18.1. The van der Waals surface area contributed by atoms with Gasteiger partial charge in [-0.15, -0.1) is 0 Å². The molecule has 0 saturated carbocycles. The number of aliphatic carboxylic acids is 1. The van der Waals surface area contributed by atoms with Gasteiger partial charge in [0.1, 0.15) is 6.04 Å². The molecule has 0 aliphatic carbocycles. The van der Waals surface area contributed by atoms with Gasteiger partial charge in [0, 0.05) is 19.3 Å². The van der Waals surface area contributed by atoms with Crippen molar-refractivity contribution >= 4 is 12.0 Å². The van der Waals surface area contributed by atoms with Gasteiger partial charge in [0.2, 0.25) is 0 Å². The number of carboxylic acids is 1. The Labute approximate surface area is 118 Å². The number of hydrogen-bond acceptors (Lipinski definition) is 3. The van der Waals surface area contributed by atoms with Gasteiger partial charge in [0.25, 0.3) is 0 Å². The predicted molar refractivity (Wildman–Crippen MR) is 73.2 cm³/mol. The highest BCUT2D eigenvalue weighted by Gasteiger charge is 2.35. The molecule has 1 N–H and O–H groups in total. The summed E-state index contributed by atoms with van der Waals surface area (Å²) in [6, 6.07) is 4.70. The first-order valence-corrected chi connectivity index (χ1v) is 6.66. The fraction of sp³-hybridized carbons (Fsp3) is 0.500. The maximum absolute atomic E-state index is 12.3. The first-order chi connectivity index (χ1) is 9.49. The second kappa shape index (κ2) is 5.90. The number of hydrogen-bond donors (Lipinski definition) is 1. The molecule has 2 rings (SSSR count). The summed E-state index contributed by atoms with van der Waals surface area (Å²) in [6.45, 7) is 2.77. The molecule has 1 aromatic heterocycles. The molecule has 0 unspecified atom stereocenters. The number of pyridine rings is 1. The second-order valence-corrected chi connectivity index (χ2v) is 5.10. The van der Waals surface area contributed by atoms with Crippen molar-refractivity contribution in [1.29, 1.82) is 0 Å². The van der Waals surface area contributed by atoms with Crippen molar-refractivity contribution in [2.24, 2.45) is 0 Å². The molecule has 1 aromatic rings. The summed E-state index contributed by atoms with van der Waals surface area (Å²) in [5, 5.41) is 9.12. The van der Waals surface area contributed by atoms with Crippen LogP contribution in [-0.4, -0.2) is 51.5 Å². The molecular weight excluding hydrogens is 258 g/mol. The zero-order chi connectivity index (χ0) is 14.7. The van der Waals surface area contributed by atoms with Crippen LogP contribution < -0.4 is 0 Å². The van der Waals surface area contributed by atoms with Crippen LogP contribution in [0.5, 0.6) is 0 Å². The van der Waals surface area contributed by atoms with Crippen LogP contribution in [0.3, 0.4) is 0 Å². The third-order valence-corrected chi connectivity index (χ3v) is 3.46. The van der Waals surface area contributed by atoms with E-state index in [0.29, 0.717) is 19.5 Å². The van der Waals surface area contributed by atoms with Gasteiger partial charge in [-0.05, 0) is 31.9 Å². The summed E-state index contributed by atoms with van der Waals surface area (Å²) in [7, 11) is 1.67. The molecule has 2 amide bonds. The van der Waals surface area contributed by atoms with Crippen molar-refractivity contribution < 1.29 is 14.7 Å². The Morgan fingerprint density at radius 2 is 2.25 bits per heavy atom. The standard InChI is InChI=1S/C14H19N3O3/c1-10-5-3-6-11(15-10)9-16(2)14(20)17-8-4-7-12(17)13(18)19/h3,5-6,12H,4,7-9H2,1-2H3,(H,18,19)/t12-/m0/s1. The quantitative estimate of drug-likeness (QED) is 0.908. The average molecular weight is 277 g/mol. The van der Waals surface area contributed by atoms with Crippen molar-refractivity contribution in [3.05, 3.63) is 29.6 Å². The lowest BCUT2D eigenvalue weighted by Crippen LogP contribution is -2.46. The van der Waals surface area contributed by atoms with Crippen molar-refractivity contribution in [2.45, 2.75) is 32.4 Å². The van der Waals surface area contributed by atoms with Gasteiger partial charge in [-0.2, -0.15) is 0 Å². The number of amides is 2. The summed E-state index contributed by atoms with van der Waals surface area (Å²) in [5.41, 5.74) is 1.69. The van der Waals surface area contributed by atoms with Crippen molar-refractivity contribution in [3.63, 3.8) is 0 Å². The molecule has 1 fully saturated rings. The highest BCUT2D eigenvalue weighted by molar-refractivity contribution is 5.83. The molecule has 6 nitrogen and oxygen atoms in total. The zero-order valence-corrected chi connectivity index (χ0v) is 11.7. The van der Waals surface area contributed by atoms with E-state index in [-0.39, 0.29) is 6.03 Å². The summed E-state index contributed by atoms with van der Waals surface area (Å²) < 4.78 is 0. The predicted octanol–water partition coefficient (Wildman–Crippen LogP) is 1.49. The molecule has 1 atom stereocenters. The molecule has 108 valence electrons. The van der Waals surface area contributed by atoms with E-state index in [2.05, 4.69) is 4.98 Å². The van der Waals surface area contributed by atoms with E-state index in [1.807, 2.05) is 25.1 Å². The second-order valence-electron chi connectivity index (χ2n) is 5.10. The van der Waals surface area contributed by atoms with Crippen molar-refractivity contribution in [1.82, 2.24) is 14.8 Å². The summed E-state index contributed by atoms with van der Waals surface area (Å²) in [5.74, 6) is -0.932. The topological polar surface area (TPSA) is 73.7 Å². The Bertz CT molecular complexity index is 518. The van der Waals surface area contributed by atoms with Crippen molar-refractivity contribution in [3.8, 4) is 0 Å². The lowest BCUT2D eigenvalue weighted by molar-refractivity contribution is -0.141. The highest BCUT2D eigenvalue weighted by atomic mass is 16.4. The van der Waals surface area contributed by atoms with Crippen LogP contribution in [0, 0.1) is 6.92 Å². The van der Waals surface area contributed by atoms with Crippen LogP contribution in [0.2, 0.25) is 0 Å². The molecule has 0 spiro atoms. The van der Waals surface area contributed by atoms with Gasteiger partial charge < -0.3 is 14.9 Å². The van der Waals surface area contributed by atoms with E-state index in [9.17, 15) is 9.59 Å². The van der Waals surface area contributed by atoms with Crippen LogP contribution in [0.15, 0.2) is 18.2 Å². The summed E-state index contributed by atoms with van der Waals surface area (Å²) in [6.07, 6.45) is 1.26. The number of carbonyl (C=O) groups is 2. The molecule has 2 heterocycles. The fourth-order valence-electron chi connectivity index (χ4n) is 2.47. The largest absolute Gasteiger partial charge is 0.480 e. The number of carbonyl (C=O) groups excluding carboxylic acids is 1. The number of aromatic nitrogens is 1. The van der Waals surface area contributed by atoms with Crippen LogP contribution >= 0.6 is 0 Å². The third-order valence-electron chi connectivity index (χ3n) is 3.46. The molecule has 20 heavy (non-hydrogen) atoms. The molecule has 0 bridgehead atoms. The molecule has 6 heteroatoms. The number of likely N-dealkylation sites (tertiary alicyclic amines) is 1. The van der Waals surface area contributed by atoms with E-state index in [1.165, 1.54) is 9.80 Å². The van der Waals surface area contributed by atoms with E-state index in [1.54, 1.807) is 7.05 Å². The maximum atomic E-state index is 12.3. The fourth-order valence-corrected chi connectivity index (χ4v) is 2.47. The van der Waals surface area contributed by atoms with Gasteiger partial charge in [0.05, 0.1) is 12.2 Å². The Morgan fingerprint density at radius 3 is 2.90 bits per heavy atom. The molecule has 1 aliphatic rings. The number of carboxylic acid groups (broad SMARTS) is 1. The molecule has 0 aromatic carbocycles. The molecular formula is C14H19N3O3. The van der Waals surface area contributed by atoms with Gasteiger partial charge in [-0.3, -0.25) is 4.98 Å². The smallest absolute Gasteiger partial charge is 0.326 e. The Morgan fingerprint density at radius 1 is 1.50 bits per heavy atom. The van der Waals surface area contributed by atoms with Crippen LogP contribution in [0.25, 0.3) is 0 Å². The summed E-state index contributed by atoms with van der Waals surface area (Å²) >= 11 is 0. The Balaban J connectivity index is 2.03. The first-order valence-electron chi connectivity index (χ1n) is 6.66. The van der Waals surface area contributed by atoms with Crippen LogP contribution in [-0.2, 0) is 11.3 Å². The lowest BCUT2D eigenvalue weighted by Gasteiger charge is -2.27. The monoisotopic (exact) mass is 277 g/mol.